The molecule has 17 heavy (non-hydrogen) atoms. The standard InChI is InChI=1S/C13H25N3O/c1-2-7-15-8-4-6-12(15)13(17)16-9-3-5-11(14)10-16/h11-12H,2-10,14H2,1H3/t11-,12-/m0/s1. The number of nitrogens with zero attached hydrogens (tertiary/aromatic N) is 2. The van der Waals surface area contributed by atoms with Gasteiger partial charge in [0.25, 0.3) is 0 Å². The van der Waals surface area contributed by atoms with Gasteiger partial charge in [-0.3, -0.25) is 9.69 Å². The van der Waals surface area contributed by atoms with Crippen LogP contribution in [0.15, 0.2) is 0 Å². The first kappa shape index (κ1) is 12.8. The van der Waals surface area contributed by atoms with E-state index in [9.17, 15) is 4.79 Å². The third kappa shape index (κ3) is 2.99. The fourth-order valence-electron chi connectivity index (χ4n) is 3.08. The molecule has 0 aromatic rings. The van der Waals surface area contributed by atoms with Crippen LogP contribution in [0, 0.1) is 0 Å². The lowest BCUT2D eigenvalue weighted by Crippen LogP contribution is -2.52. The van der Waals surface area contributed by atoms with Gasteiger partial charge in [-0.1, -0.05) is 6.92 Å². The Morgan fingerprint density at radius 2 is 2.06 bits per heavy atom. The summed E-state index contributed by atoms with van der Waals surface area (Å²) in [6.45, 7) is 5.98. The van der Waals surface area contributed by atoms with E-state index in [0.29, 0.717) is 5.91 Å². The summed E-state index contributed by atoms with van der Waals surface area (Å²) in [7, 11) is 0. The van der Waals surface area contributed by atoms with Crippen molar-refractivity contribution in [1.29, 1.82) is 0 Å². The van der Waals surface area contributed by atoms with E-state index in [1.54, 1.807) is 0 Å². The second-order valence-electron chi connectivity index (χ2n) is 5.38. The van der Waals surface area contributed by atoms with Gasteiger partial charge in [0.2, 0.25) is 5.91 Å². The van der Waals surface area contributed by atoms with Crippen molar-refractivity contribution in [3.63, 3.8) is 0 Å². The maximum atomic E-state index is 12.5. The third-order valence-corrected chi connectivity index (χ3v) is 3.93. The van der Waals surface area contributed by atoms with Gasteiger partial charge in [0, 0.05) is 19.1 Å². The van der Waals surface area contributed by atoms with Crippen LogP contribution in [-0.2, 0) is 4.79 Å². The van der Waals surface area contributed by atoms with Gasteiger partial charge in [0.1, 0.15) is 0 Å². The number of hydrogen-bond donors (Lipinski definition) is 1. The van der Waals surface area contributed by atoms with E-state index in [4.69, 9.17) is 5.73 Å². The molecule has 2 saturated heterocycles. The Balaban J connectivity index is 1.93. The number of rotatable bonds is 3. The molecule has 0 spiro atoms. The summed E-state index contributed by atoms with van der Waals surface area (Å²) in [5.74, 6) is 0.325. The summed E-state index contributed by atoms with van der Waals surface area (Å²) >= 11 is 0. The van der Waals surface area contributed by atoms with Gasteiger partial charge < -0.3 is 10.6 Å². The van der Waals surface area contributed by atoms with E-state index < -0.39 is 0 Å². The molecule has 2 atom stereocenters. The maximum Gasteiger partial charge on any atom is 0.239 e. The highest BCUT2D eigenvalue weighted by molar-refractivity contribution is 5.82. The van der Waals surface area contributed by atoms with Crippen LogP contribution in [0.1, 0.15) is 39.0 Å². The van der Waals surface area contributed by atoms with Crippen LogP contribution in [0.25, 0.3) is 0 Å². The molecule has 2 rings (SSSR count). The Morgan fingerprint density at radius 3 is 2.76 bits per heavy atom. The second kappa shape index (κ2) is 5.83. The second-order valence-corrected chi connectivity index (χ2v) is 5.38. The number of amides is 1. The van der Waals surface area contributed by atoms with Gasteiger partial charge in [0.15, 0.2) is 0 Å². The first-order valence-electron chi connectivity index (χ1n) is 7.00. The van der Waals surface area contributed by atoms with Gasteiger partial charge in [0.05, 0.1) is 6.04 Å². The molecule has 0 aliphatic carbocycles. The zero-order valence-electron chi connectivity index (χ0n) is 10.9. The normalized spacial score (nSPS) is 30.8. The minimum atomic E-state index is 0.139. The lowest BCUT2D eigenvalue weighted by atomic mass is 10.0. The van der Waals surface area contributed by atoms with Crippen LogP contribution in [0.3, 0.4) is 0 Å². The Bertz CT molecular complexity index is 269. The van der Waals surface area contributed by atoms with E-state index in [1.807, 2.05) is 4.90 Å². The predicted molar refractivity (Wildman–Crippen MR) is 68.7 cm³/mol. The molecule has 0 aromatic heterocycles. The summed E-state index contributed by atoms with van der Waals surface area (Å²) in [5, 5.41) is 0. The average molecular weight is 239 g/mol. The Hall–Kier alpha value is -0.610. The van der Waals surface area contributed by atoms with Crippen LogP contribution < -0.4 is 5.73 Å². The van der Waals surface area contributed by atoms with Gasteiger partial charge in [-0.15, -0.1) is 0 Å². The summed E-state index contributed by atoms with van der Waals surface area (Å²) in [6, 6.07) is 0.328. The number of nitrogens with two attached hydrogens (primary N) is 1. The summed E-state index contributed by atoms with van der Waals surface area (Å²) in [6.07, 6.45) is 5.45. The molecule has 0 aromatic carbocycles. The summed E-state index contributed by atoms with van der Waals surface area (Å²) in [5.41, 5.74) is 5.95. The van der Waals surface area contributed by atoms with E-state index in [2.05, 4.69) is 11.8 Å². The van der Waals surface area contributed by atoms with Crippen LogP contribution in [0.4, 0.5) is 0 Å². The monoisotopic (exact) mass is 239 g/mol. The molecule has 0 bridgehead atoms. The van der Waals surface area contributed by atoms with Crippen LogP contribution in [-0.4, -0.2) is 54.0 Å². The molecule has 4 nitrogen and oxygen atoms in total. The quantitative estimate of drug-likeness (QED) is 0.793. The molecule has 2 N–H and O–H groups in total. The van der Waals surface area contributed by atoms with Gasteiger partial charge in [-0.2, -0.15) is 0 Å². The summed E-state index contributed by atoms with van der Waals surface area (Å²) in [4.78, 5) is 16.8. The summed E-state index contributed by atoms with van der Waals surface area (Å²) < 4.78 is 0. The zero-order valence-corrected chi connectivity index (χ0v) is 10.9. The molecule has 0 radical (unpaired) electrons. The van der Waals surface area contributed by atoms with Crippen LogP contribution >= 0.6 is 0 Å². The highest BCUT2D eigenvalue weighted by Gasteiger charge is 2.34. The Labute approximate surface area is 104 Å². The Morgan fingerprint density at radius 1 is 1.29 bits per heavy atom. The fraction of sp³-hybridized carbons (Fsp3) is 0.923. The first-order chi connectivity index (χ1) is 8.22. The van der Waals surface area contributed by atoms with Crippen molar-refractivity contribution in [1.82, 2.24) is 9.80 Å². The number of likely N-dealkylation sites (tertiary alicyclic amines) is 2. The molecule has 98 valence electrons. The maximum absolute atomic E-state index is 12.5. The number of hydrogen-bond acceptors (Lipinski definition) is 3. The van der Waals surface area contributed by atoms with E-state index >= 15 is 0 Å². The van der Waals surface area contributed by atoms with Crippen molar-refractivity contribution in [2.24, 2.45) is 5.73 Å². The third-order valence-electron chi connectivity index (χ3n) is 3.93. The number of carbonyl (C=O) groups excluding carboxylic acids is 1. The lowest BCUT2D eigenvalue weighted by molar-refractivity contribution is -0.137. The minimum absolute atomic E-state index is 0.139. The molecular formula is C13H25N3O. The smallest absolute Gasteiger partial charge is 0.239 e. The van der Waals surface area contributed by atoms with Crippen LogP contribution in [0.5, 0.6) is 0 Å². The predicted octanol–water partition coefficient (Wildman–Crippen LogP) is 0.811. The van der Waals surface area contributed by atoms with Crippen molar-refractivity contribution in [3.05, 3.63) is 0 Å². The molecule has 1 amide bonds. The molecule has 2 aliphatic heterocycles. The van der Waals surface area contributed by atoms with Crippen molar-refractivity contribution < 1.29 is 4.79 Å². The van der Waals surface area contributed by atoms with E-state index in [1.165, 1.54) is 0 Å². The number of carbonyl (C=O) groups is 1. The van der Waals surface area contributed by atoms with Crippen molar-refractivity contribution in [2.45, 2.75) is 51.1 Å². The molecule has 0 saturated carbocycles. The molecule has 2 heterocycles. The number of piperidine rings is 1. The lowest BCUT2D eigenvalue weighted by Gasteiger charge is -2.34. The first-order valence-corrected chi connectivity index (χ1v) is 7.00. The molecular weight excluding hydrogens is 214 g/mol. The molecule has 0 unspecified atom stereocenters. The topological polar surface area (TPSA) is 49.6 Å². The Kier molecular flexibility index (Phi) is 4.40. The van der Waals surface area contributed by atoms with Crippen LogP contribution in [0.2, 0.25) is 0 Å². The average Bonchev–Trinajstić information content (AvgIpc) is 2.77. The SMILES string of the molecule is CCCN1CCC[C@H]1C(=O)N1CCC[C@H](N)C1. The van der Waals surface area contributed by atoms with Gasteiger partial charge in [-0.25, -0.2) is 0 Å². The van der Waals surface area contributed by atoms with E-state index in [-0.39, 0.29) is 12.1 Å². The minimum Gasteiger partial charge on any atom is -0.340 e. The largest absolute Gasteiger partial charge is 0.340 e. The zero-order chi connectivity index (χ0) is 12.3. The van der Waals surface area contributed by atoms with Crippen molar-refractivity contribution in [3.8, 4) is 0 Å². The van der Waals surface area contributed by atoms with E-state index in [0.717, 1.165) is 58.3 Å². The molecule has 2 fully saturated rings. The highest BCUT2D eigenvalue weighted by Crippen LogP contribution is 2.21. The molecule has 4 heteroatoms. The molecule has 2 aliphatic rings. The van der Waals surface area contributed by atoms with Gasteiger partial charge in [-0.05, 0) is 45.2 Å². The highest BCUT2D eigenvalue weighted by atomic mass is 16.2. The van der Waals surface area contributed by atoms with Crippen molar-refractivity contribution in [2.75, 3.05) is 26.2 Å². The van der Waals surface area contributed by atoms with Crippen molar-refractivity contribution >= 4 is 5.91 Å². The van der Waals surface area contributed by atoms with Gasteiger partial charge >= 0.3 is 0 Å². The fourth-order valence-corrected chi connectivity index (χ4v) is 3.08.